The van der Waals surface area contributed by atoms with Gasteiger partial charge in [0.2, 0.25) is 0 Å². The Morgan fingerprint density at radius 1 is 1.08 bits per heavy atom. The maximum atomic E-state index is 11.9. The smallest absolute Gasteiger partial charge is 0.330 e. The second kappa shape index (κ2) is 7.64. The minimum absolute atomic E-state index is 0.298. The number of esters is 1. The van der Waals surface area contributed by atoms with E-state index in [1.54, 1.807) is 0 Å². The molecule has 1 N–H and O–H groups in total. The van der Waals surface area contributed by atoms with Crippen LogP contribution in [0.4, 0.5) is 0 Å². The topological polar surface area (TPSA) is 42.1 Å². The van der Waals surface area contributed by atoms with E-state index in [4.69, 9.17) is 4.74 Å². The number of aromatic nitrogens is 1. The van der Waals surface area contributed by atoms with Crippen molar-refractivity contribution in [3.8, 4) is 11.3 Å². The first-order valence-electron chi connectivity index (χ1n) is 8.30. The van der Waals surface area contributed by atoms with E-state index >= 15 is 0 Å². The number of hydrogen-bond acceptors (Lipinski definition) is 2. The van der Waals surface area contributed by atoms with Crippen molar-refractivity contribution in [2.45, 2.75) is 19.8 Å². The van der Waals surface area contributed by atoms with Gasteiger partial charge in [-0.15, -0.1) is 0 Å². The van der Waals surface area contributed by atoms with Gasteiger partial charge in [-0.25, -0.2) is 4.79 Å². The number of carbonyl (C=O) groups is 1. The number of aromatic amines is 1. The zero-order valence-corrected chi connectivity index (χ0v) is 13.8. The number of hydrogen-bond donors (Lipinski definition) is 1. The van der Waals surface area contributed by atoms with Gasteiger partial charge in [0.1, 0.15) is 0 Å². The molecular formula is C21H21NO2. The monoisotopic (exact) mass is 319 g/mol. The maximum Gasteiger partial charge on any atom is 0.330 e. The molecule has 3 rings (SSSR count). The summed E-state index contributed by atoms with van der Waals surface area (Å²) in [6.45, 7) is 2.54. The minimum Gasteiger partial charge on any atom is -0.463 e. The normalized spacial score (nSPS) is 11.2. The molecule has 2 aromatic carbocycles. The Labute approximate surface area is 142 Å². The molecule has 122 valence electrons. The summed E-state index contributed by atoms with van der Waals surface area (Å²) in [6.07, 6.45) is 5.26. The van der Waals surface area contributed by atoms with E-state index in [0.29, 0.717) is 6.61 Å². The van der Waals surface area contributed by atoms with E-state index < -0.39 is 0 Å². The molecule has 0 saturated carbocycles. The van der Waals surface area contributed by atoms with Crippen LogP contribution in [0.3, 0.4) is 0 Å². The van der Waals surface area contributed by atoms with E-state index in [9.17, 15) is 4.79 Å². The molecule has 0 aliphatic rings. The third-order valence-electron chi connectivity index (χ3n) is 3.94. The summed E-state index contributed by atoms with van der Waals surface area (Å²) in [7, 11) is 0. The number of para-hydroxylation sites is 1. The Hall–Kier alpha value is -2.81. The zero-order valence-electron chi connectivity index (χ0n) is 13.8. The van der Waals surface area contributed by atoms with Crippen LogP contribution in [0.15, 0.2) is 60.7 Å². The molecule has 0 spiro atoms. The molecule has 0 bridgehead atoms. The second-order valence-electron chi connectivity index (χ2n) is 5.68. The van der Waals surface area contributed by atoms with Crippen molar-refractivity contribution in [3.05, 3.63) is 66.2 Å². The minimum atomic E-state index is -0.298. The molecule has 0 amide bonds. The molecule has 0 saturated heterocycles. The standard InChI is InChI=1S/C21H21NO2/c1-2-3-15-24-20(23)14-13-18-17-11-7-8-12-19(17)22-21(18)16-9-5-4-6-10-16/h4-14,22H,2-3,15H2,1H3/b14-13+. The Morgan fingerprint density at radius 2 is 1.83 bits per heavy atom. The highest BCUT2D eigenvalue weighted by atomic mass is 16.5. The summed E-state index contributed by atoms with van der Waals surface area (Å²) in [4.78, 5) is 15.3. The molecule has 0 radical (unpaired) electrons. The van der Waals surface area contributed by atoms with Crippen LogP contribution in [0, 0.1) is 0 Å². The van der Waals surface area contributed by atoms with Crippen molar-refractivity contribution in [2.75, 3.05) is 6.61 Å². The molecule has 1 heterocycles. The van der Waals surface area contributed by atoms with E-state index in [1.807, 2.05) is 42.5 Å². The molecule has 3 heteroatoms. The number of fused-ring (bicyclic) bond motifs is 1. The summed E-state index contributed by atoms with van der Waals surface area (Å²) in [6, 6.07) is 18.2. The predicted molar refractivity (Wildman–Crippen MR) is 98.6 cm³/mol. The van der Waals surface area contributed by atoms with Crippen LogP contribution in [0.2, 0.25) is 0 Å². The van der Waals surface area contributed by atoms with Gasteiger partial charge in [-0.2, -0.15) is 0 Å². The molecule has 0 aliphatic heterocycles. The van der Waals surface area contributed by atoms with Crippen LogP contribution in [0.1, 0.15) is 25.3 Å². The van der Waals surface area contributed by atoms with E-state index in [1.165, 1.54) is 6.08 Å². The molecule has 0 fully saturated rings. The Morgan fingerprint density at radius 3 is 2.62 bits per heavy atom. The molecule has 24 heavy (non-hydrogen) atoms. The maximum absolute atomic E-state index is 11.9. The van der Waals surface area contributed by atoms with E-state index in [2.05, 4.69) is 30.1 Å². The summed E-state index contributed by atoms with van der Waals surface area (Å²) in [5.74, 6) is -0.298. The van der Waals surface area contributed by atoms with Crippen LogP contribution in [-0.2, 0) is 9.53 Å². The van der Waals surface area contributed by atoms with Gasteiger partial charge >= 0.3 is 5.97 Å². The van der Waals surface area contributed by atoms with Crippen molar-refractivity contribution in [1.82, 2.24) is 4.98 Å². The number of benzene rings is 2. The van der Waals surface area contributed by atoms with Crippen molar-refractivity contribution in [1.29, 1.82) is 0 Å². The van der Waals surface area contributed by atoms with Gasteiger partial charge < -0.3 is 9.72 Å². The lowest BCUT2D eigenvalue weighted by Crippen LogP contribution is -2.01. The fraction of sp³-hybridized carbons (Fsp3) is 0.190. The average Bonchev–Trinajstić information content (AvgIpc) is 2.99. The van der Waals surface area contributed by atoms with Crippen LogP contribution in [0.5, 0.6) is 0 Å². The van der Waals surface area contributed by atoms with Crippen LogP contribution < -0.4 is 0 Å². The van der Waals surface area contributed by atoms with E-state index in [-0.39, 0.29) is 5.97 Å². The van der Waals surface area contributed by atoms with Crippen molar-refractivity contribution in [3.63, 3.8) is 0 Å². The summed E-state index contributed by atoms with van der Waals surface area (Å²) in [5, 5.41) is 1.09. The van der Waals surface area contributed by atoms with Gasteiger partial charge in [-0.1, -0.05) is 61.9 Å². The van der Waals surface area contributed by atoms with Gasteiger partial charge in [0, 0.05) is 22.5 Å². The lowest BCUT2D eigenvalue weighted by atomic mass is 10.0. The van der Waals surface area contributed by atoms with Gasteiger partial charge in [0.25, 0.3) is 0 Å². The third kappa shape index (κ3) is 3.57. The molecular weight excluding hydrogens is 298 g/mol. The first kappa shape index (κ1) is 16.1. The molecule has 0 aliphatic carbocycles. The number of nitrogens with one attached hydrogen (secondary N) is 1. The SMILES string of the molecule is CCCCOC(=O)/C=C/c1c(-c2ccccc2)[nH]c2ccccc12. The zero-order chi connectivity index (χ0) is 16.8. The Balaban J connectivity index is 1.95. The highest BCUT2D eigenvalue weighted by Gasteiger charge is 2.11. The Bertz CT molecular complexity index is 847. The quantitative estimate of drug-likeness (QED) is 0.386. The summed E-state index contributed by atoms with van der Waals surface area (Å²) < 4.78 is 5.20. The van der Waals surface area contributed by atoms with Crippen LogP contribution >= 0.6 is 0 Å². The molecule has 3 nitrogen and oxygen atoms in total. The number of carbonyl (C=O) groups excluding carboxylic acids is 1. The fourth-order valence-electron chi connectivity index (χ4n) is 2.69. The number of unbranched alkanes of at least 4 members (excludes halogenated alkanes) is 1. The van der Waals surface area contributed by atoms with Crippen LogP contribution in [0.25, 0.3) is 28.2 Å². The van der Waals surface area contributed by atoms with Crippen molar-refractivity contribution >= 4 is 22.9 Å². The highest BCUT2D eigenvalue weighted by Crippen LogP contribution is 2.31. The lowest BCUT2D eigenvalue weighted by Gasteiger charge is -2.02. The van der Waals surface area contributed by atoms with Gasteiger partial charge in [-0.3, -0.25) is 0 Å². The highest BCUT2D eigenvalue weighted by molar-refractivity contribution is 5.99. The van der Waals surface area contributed by atoms with Crippen molar-refractivity contribution in [2.24, 2.45) is 0 Å². The molecule has 0 atom stereocenters. The lowest BCUT2D eigenvalue weighted by molar-refractivity contribution is -0.137. The average molecular weight is 319 g/mol. The molecule has 3 aromatic rings. The van der Waals surface area contributed by atoms with Gasteiger partial charge in [-0.05, 0) is 24.1 Å². The van der Waals surface area contributed by atoms with Gasteiger partial charge in [0.05, 0.1) is 12.3 Å². The number of rotatable bonds is 6. The van der Waals surface area contributed by atoms with E-state index in [0.717, 1.165) is 40.6 Å². The summed E-state index contributed by atoms with van der Waals surface area (Å²) in [5.41, 5.74) is 4.15. The number of H-pyrrole nitrogens is 1. The third-order valence-corrected chi connectivity index (χ3v) is 3.94. The first-order valence-corrected chi connectivity index (χ1v) is 8.30. The molecule has 1 aromatic heterocycles. The molecule has 0 unspecified atom stereocenters. The largest absolute Gasteiger partial charge is 0.463 e. The fourth-order valence-corrected chi connectivity index (χ4v) is 2.69. The van der Waals surface area contributed by atoms with Crippen molar-refractivity contribution < 1.29 is 9.53 Å². The second-order valence-corrected chi connectivity index (χ2v) is 5.68. The Kier molecular flexibility index (Phi) is 5.12. The van der Waals surface area contributed by atoms with Gasteiger partial charge in [0.15, 0.2) is 0 Å². The first-order chi connectivity index (χ1) is 11.8. The number of ether oxygens (including phenoxy) is 1. The predicted octanol–water partition coefficient (Wildman–Crippen LogP) is 5.19. The van der Waals surface area contributed by atoms with Crippen LogP contribution in [-0.4, -0.2) is 17.6 Å². The summed E-state index contributed by atoms with van der Waals surface area (Å²) >= 11 is 0.